The van der Waals surface area contributed by atoms with Crippen molar-refractivity contribution in [1.82, 2.24) is 0 Å². The molecule has 1 N–H and O–H groups in total. The van der Waals surface area contributed by atoms with Crippen molar-refractivity contribution in [2.75, 3.05) is 0 Å². The first-order valence-electron chi connectivity index (χ1n) is 1.98. The van der Waals surface area contributed by atoms with Crippen LogP contribution in [0.4, 0.5) is 0 Å². The Bertz CT molecular complexity index is 150. The molecule has 9 heavy (non-hydrogen) atoms. The van der Waals surface area contributed by atoms with Crippen LogP contribution in [0.3, 0.4) is 0 Å². The van der Waals surface area contributed by atoms with E-state index in [4.69, 9.17) is 5.41 Å². The summed E-state index contributed by atoms with van der Waals surface area (Å²) in [5.74, 6) is -0.437. The summed E-state index contributed by atoms with van der Waals surface area (Å²) in [6.45, 7) is 1.02. The van der Waals surface area contributed by atoms with Crippen LogP contribution in [0, 0.1) is 5.41 Å². The van der Waals surface area contributed by atoms with Gasteiger partial charge in [0.15, 0.2) is 0 Å². The minimum Gasteiger partial charge on any atom is -0.400 e. The fourth-order valence-electron chi connectivity index (χ4n) is 0.189. The summed E-state index contributed by atoms with van der Waals surface area (Å²) in [4.78, 5) is 18.8. The highest BCUT2D eigenvalue weighted by Crippen LogP contribution is 1.75. The molecule has 0 rings (SSSR count). The second-order valence-corrected chi connectivity index (χ2v) is 1.00. The molecule has 46 valence electrons. The van der Waals surface area contributed by atoms with Gasteiger partial charge in [-0.2, -0.15) is 0 Å². The fourth-order valence-corrected chi connectivity index (χ4v) is 0.189. The van der Waals surface area contributed by atoms with Crippen LogP contribution in [-0.4, -0.2) is 18.7 Å². The molecule has 0 fully saturated rings. The van der Waals surface area contributed by atoms with Crippen LogP contribution in [0.2, 0.25) is 0 Å². The van der Waals surface area contributed by atoms with Crippen LogP contribution in [0.25, 0.3) is 0 Å². The summed E-state index contributed by atoms with van der Waals surface area (Å²) < 4.78 is 3.86. The third kappa shape index (κ3) is 4.40. The van der Waals surface area contributed by atoms with E-state index >= 15 is 0 Å². The Morgan fingerprint density at radius 2 is 2.22 bits per heavy atom. The highest BCUT2D eigenvalue weighted by molar-refractivity contribution is 5.92. The predicted octanol–water partition coefficient (Wildman–Crippen LogP) is -0.287. The van der Waals surface area contributed by atoms with Gasteiger partial charge >= 0.3 is 6.47 Å². The molecule has 0 bridgehead atoms. The molecule has 0 saturated heterocycles. The lowest BCUT2D eigenvalue weighted by Gasteiger charge is -1.85. The fraction of sp³-hybridized carbons (Fsp3) is 0. The van der Waals surface area contributed by atoms with Gasteiger partial charge in [0, 0.05) is 6.08 Å². The first-order chi connectivity index (χ1) is 4.31. The monoisotopic (exact) mass is 125 g/mol. The largest absolute Gasteiger partial charge is 0.424 e. The molecule has 0 aromatic rings. The number of carbonyl (C=O) groups excluding carboxylic acids is 2. The molecule has 0 aliphatic heterocycles. The molecule has 4 nitrogen and oxygen atoms in total. The van der Waals surface area contributed by atoms with Gasteiger partial charge in [-0.15, -0.1) is 0 Å². The third-order valence-corrected chi connectivity index (χ3v) is 0.454. The van der Waals surface area contributed by atoms with Crippen LogP contribution in [0.5, 0.6) is 0 Å². The van der Waals surface area contributed by atoms with E-state index in [1.54, 1.807) is 0 Å². The molecule has 0 spiro atoms. The maximum absolute atomic E-state index is 9.45. The molecule has 0 saturated carbocycles. The van der Waals surface area contributed by atoms with E-state index in [1.165, 1.54) is 6.29 Å². The van der Waals surface area contributed by atoms with Gasteiger partial charge in [0.2, 0.25) is 12.2 Å². The van der Waals surface area contributed by atoms with Crippen molar-refractivity contribution in [1.29, 1.82) is 5.41 Å². The number of nitrogens with one attached hydrogen (secondary N) is 1. The molecule has 0 aromatic carbocycles. The molecule has 0 atom stereocenters. The molecular formula is C5H3NO3. The van der Waals surface area contributed by atoms with Crippen molar-refractivity contribution < 1.29 is 14.3 Å². The van der Waals surface area contributed by atoms with Crippen LogP contribution in [-0.2, 0) is 14.3 Å². The smallest absolute Gasteiger partial charge is 0.400 e. The van der Waals surface area contributed by atoms with Gasteiger partial charge in [-0.05, 0) is 6.08 Å². The van der Waals surface area contributed by atoms with Crippen molar-refractivity contribution in [3.8, 4) is 0 Å². The maximum atomic E-state index is 9.45. The molecule has 0 aromatic heterocycles. The Labute approximate surface area is 51.6 Å². The Kier molecular flexibility index (Phi) is 3.95. The van der Waals surface area contributed by atoms with Gasteiger partial charge < -0.3 is 4.74 Å². The molecular weight excluding hydrogens is 122 g/mol. The number of rotatable bonds is 3. The maximum Gasteiger partial charge on any atom is 0.424 e. The normalized spacial score (nSPS) is 8.89. The van der Waals surface area contributed by atoms with E-state index in [-0.39, 0.29) is 0 Å². The zero-order valence-electron chi connectivity index (χ0n) is 4.38. The Morgan fingerprint density at radius 3 is 2.67 bits per heavy atom. The average Bonchev–Trinajstić information content (AvgIpc) is 1.85. The van der Waals surface area contributed by atoms with Crippen molar-refractivity contribution >= 4 is 18.7 Å². The van der Waals surface area contributed by atoms with Gasteiger partial charge in [-0.3, -0.25) is 10.2 Å². The second-order valence-electron chi connectivity index (χ2n) is 1.00. The molecule has 0 unspecified atom stereocenters. The van der Waals surface area contributed by atoms with Crippen LogP contribution in [0.15, 0.2) is 12.2 Å². The number of ether oxygens (including phenoxy) is 1. The Balaban J connectivity index is 3.61. The first-order valence-corrected chi connectivity index (χ1v) is 1.98. The summed E-state index contributed by atoms with van der Waals surface area (Å²) in [6, 6.07) is 0. The van der Waals surface area contributed by atoms with Crippen molar-refractivity contribution in [2.24, 2.45) is 0 Å². The van der Waals surface area contributed by atoms with E-state index in [9.17, 15) is 9.59 Å². The summed E-state index contributed by atoms with van der Waals surface area (Å²) >= 11 is 0. The SMILES string of the molecule is N=C(/C=C\[C]=O)O[C]=O. The highest BCUT2D eigenvalue weighted by Gasteiger charge is 1.86. The topological polar surface area (TPSA) is 67.2 Å². The molecule has 2 radical (unpaired) electrons. The molecule has 0 amide bonds. The Hall–Kier alpha value is -1.45. The highest BCUT2D eigenvalue weighted by atomic mass is 16.5. The summed E-state index contributed by atoms with van der Waals surface area (Å²) in [5, 5.41) is 6.64. The van der Waals surface area contributed by atoms with Crippen molar-refractivity contribution in [3.05, 3.63) is 12.2 Å². The Morgan fingerprint density at radius 1 is 1.56 bits per heavy atom. The quantitative estimate of drug-likeness (QED) is 0.320. The summed E-state index contributed by atoms with van der Waals surface area (Å²) in [7, 11) is 0. The lowest BCUT2D eigenvalue weighted by molar-refractivity contribution is 0.437. The van der Waals surface area contributed by atoms with Crippen LogP contribution >= 0.6 is 0 Å². The second kappa shape index (κ2) is 4.70. The van der Waals surface area contributed by atoms with Gasteiger partial charge in [-0.25, -0.2) is 4.79 Å². The minimum atomic E-state index is -0.437. The van der Waals surface area contributed by atoms with E-state index in [0.717, 1.165) is 18.6 Å². The summed E-state index contributed by atoms with van der Waals surface area (Å²) in [5.41, 5.74) is 0. The van der Waals surface area contributed by atoms with E-state index in [2.05, 4.69) is 4.74 Å². The van der Waals surface area contributed by atoms with Gasteiger partial charge in [0.1, 0.15) is 0 Å². The van der Waals surface area contributed by atoms with Gasteiger partial charge in [-0.1, -0.05) is 0 Å². The standard InChI is InChI=1S/C5H3NO3/c6-5(9-4-8)2-1-3-7/h1-2,6H/b2-1-,6-5?. The summed E-state index contributed by atoms with van der Waals surface area (Å²) in [6.07, 6.45) is 3.28. The lowest BCUT2D eigenvalue weighted by Crippen LogP contribution is -1.95. The number of allylic oxidation sites excluding steroid dienone is 1. The van der Waals surface area contributed by atoms with E-state index in [1.807, 2.05) is 0 Å². The van der Waals surface area contributed by atoms with Crippen LogP contribution in [0.1, 0.15) is 0 Å². The van der Waals surface area contributed by atoms with E-state index in [0.29, 0.717) is 0 Å². The van der Waals surface area contributed by atoms with Crippen LogP contribution < -0.4 is 0 Å². The van der Waals surface area contributed by atoms with Crippen molar-refractivity contribution in [2.45, 2.75) is 0 Å². The molecule has 0 aliphatic rings. The zero-order valence-corrected chi connectivity index (χ0v) is 4.38. The predicted molar refractivity (Wildman–Crippen MR) is 29.3 cm³/mol. The molecule has 0 heterocycles. The number of hydrogen-bond donors (Lipinski definition) is 1. The lowest BCUT2D eigenvalue weighted by atomic mass is 10.5. The molecule has 4 heteroatoms. The minimum absolute atomic E-state index is 0.437. The van der Waals surface area contributed by atoms with Crippen molar-refractivity contribution in [3.63, 3.8) is 0 Å². The van der Waals surface area contributed by atoms with Gasteiger partial charge in [0.25, 0.3) is 0 Å². The third-order valence-electron chi connectivity index (χ3n) is 0.454. The number of hydrogen-bond acceptors (Lipinski definition) is 4. The molecule has 0 aliphatic carbocycles. The van der Waals surface area contributed by atoms with E-state index < -0.39 is 5.90 Å². The average molecular weight is 125 g/mol. The zero-order chi connectivity index (χ0) is 7.11. The van der Waals surface area contributed by atoms with Gasteiger partial charge in [0.05, 0.1) is 0 Å². The first kappa shape index (κ1) is 7.55.